The van der Waals surface area contributed by atoms with Crippen molar-refractivity contribution in [2.24, 2.45) is 0 Å². The lowest BCUT2D eigenvalue weighted by Crippen LogP contribution is -2.25. The minimum Gasteiger partial charge on any atom is -0.424 e. The van der Waals surface area contributed by atoms with Crippen LogP contribution in [0.1, 0.15) is 16.8 Å². The van der Waals surface area contributed by atoms with Gasteiger partial charge in [-0.05, 0) is 30.7 Å². The van der Waals surface area contributed by atoms with Crippen LogP contribution in [0.4, 0.5) is 0 Å². The molecule has 0 spiro atoms. The van der Waals surface area contributed by atoms with E-state index in [2.05, 4.69) is 20.3 Å². The maximum Gasteiger partial charge on any atom is 0.321 e. The first-order valence-electron chi connectivity index (χ1n) is 7.60. The third-order valence-electron chi connectivity index (χ3n) is 3.29. The summed E-state index contributed by atoms with van der Waals surface area (Å²) in [5.41, 5.74) is 0.533. The van der Waals surface area contributed by atoms with Gasteiger partial charge >= 0.3 is 6.01 Å². The molecule has 0 saturated carbocycles. The summed E-state index contributed by atoms with van der Waals surface area (Å²) in [5, 5.41) is 2.89. The summed E-state index contributed by atoms with van der Waals surface area (Å²) in [5.74, 6) is 0.382. The number of aryl methyl sites for hydroxylation is 1. The van der Waals surface area contributed by atoms with E-state index in [9.17, 15) is 4.79 Å². The fraction of sp³-hybridized carbons (Fsp3) is 0.176. The van der Waals surface area contributed by atoms with Gasteiger partial charge in [0.25, 0.3) is 5.91 Å². The lowest BCUT2D eigenvalue weighted by atomic mass is 10.2. The minimum absolute atomic E-state index is 0.139. The van der Waals surface area contributed by atoms with Crippen LogP contribution in [0.2, 0.25) is 0 Å². The summed E-state index contributed by atoms with van der Waals surface area (Å²) in [7, 11) is 0. The van der Waals surface area contributed by atoms with Crippen molar-refractivity contribution >= 4 is 5.91 Å². The number of hydrogen-bond acceptors (Lipinski definition) is 5. The van der Waals surface area contributed by atoms with Crippen LogP contribution in [0.25, 0.3) is 0 Å². The Balaban J connectivity index is 1.52. The maximum atomic E-state index is 12.2. The molecule has 0 aliphatic carbocycles. The van der Waals surface area contributed by atoms with Crippen LogP contribution >= 0.6 is 0 Å². The molecule has 0 fully saturated rings. The topological polar surface area (TPSA) is 81.9 Å². The molecule has 2 aromatic heterocycles. The van der Waals surface area contributed by atoms with E-state index in [4.69, 9.17) is 4.74 Å². The highest BCUT2D eigenvalue weighted by atomic mass is 16.5. The molecule has 1 amide bonds. The molecule has 0 saturated heterocycles. The smallest absolute Gasteiger partial charge is 0.321 e. The molecule has 24 heavy (non-hydrogen) atoms. The zero-order valence-corrected chi connectivity index (χ0v) is 13.0. The first kappa shape index (κ1) is 15.7. The van der Waals surface area contributed by atoms with Crippen LogP contribution < -0.4 is 10.1 Å². The summed E-state index contributed by atoms with van der Waals surface area (Å²) < 4.78 is 7.50. The van der Waals surface area contributed by atoms with E-state index in [0.717, 1.165) is 13.0 Å². The second-order valence-corrected chi connectivity index (χ2v) is 5.07. The second kappa shape index (κ2) is 7.87. The molecule has 2 heterocycles. The number of amides is 1. The number of aromatic nitrogens is 4. The summed E-state index contributed by atoms with van der Waals surface area (Å²) in [6, 6.07) is 8.88. The fourth-order valence-electron chi connectivity index (χ4n) is 2.13. The van der Waals surface area contributed by atoms with Crippen LogP contribution in [0.15, 0.2) is 61.4 Å². The Kier molecular flexibility index (Phi) is 5.14. The monoisotopic (exact) mass is 323 g/mol. The van der Waals surface area contributed by atoms with E-state index in [1.54, 1.807) is 55.2 Å². The molecule has 7 heteroatoms. The van der Waals surface area contributed by atoms with Gasteiger partial charge in [-0.1, -0.05) is 6.07 Å². The molecule has 0 atom stereocenters. The number of benzene rings is 1. The molecular weight excluding hydrogens is 306 g/mol. The molecule has 3 aromatic rings. The SMILES string of the molecule is O=C(NCCCn1ccnc1)c1cccc(Oc2ncccn2)c1. The van der Waals surface area contributed by atoms with Crippen LogP contribution in [0.5, 0.6) is 11.8 Å². The number of nitrogens with one attached hydrogen (secondary N) is 1. The van der Waals surface area contributed by atoms with Crippen LogP contribution in [-0.2, 0) is 6.54 Å². The van der Waals surface area contributed by atoms with Gasteiger partial charge in [-0.2, -0.15) is 0 Å². The number of carbonyl (C=O) groups excluding carboxylic acids is 1. The zero-order chi connectivity index (χ0) is 16.6. The highest BCUT2D eigenvalue weighted by molar-refractivity contribution is 5.94. The Labute approximate surface area is 139 Å². The van der Waals surface area contributed by atoms with Crippen LogP contribution in [0, 0.1) is 0 Å². The zero-order valence-electron chi connectivity index (χ0n) is 13.0. The molecule has 0 aliphatic heterocycles. The second-order valence-electron chi connectivity index (χ2n) is 5.07. The molecule has 1 N–H and O–H groups in total. The highest BCUT2D eigenvalue weighted by Crippen LogP contribution is 2.18. The minimum atomic E-state index is -0.139. The Morgan fingerprint density at radius 3 is 2.83 bits per heavy atom. The third kappa shape index (κ3) is 4.39. The number of carbonyl (C=O) groups is 1. The molecule has 0 bridgehead atoms. The van der Waals surface area contributed by atoms with E-state index >= 15 is 0 Å². The van der Waals surface area contributed by atoms with E-state index in [0.29, 0.717) is 17.9 Å². The van der Waals surface area contributed by atoms with E-state index in [-0.39, 0.29) is 11.9 Å². The van der Waals surface area contributed by atoms with E-state index in [1.807, 2.05) is 10.8 Å². The quantitative estimate of drug-likeness (QED) is 0.675. The van der Waals surface area contributed by atoms with Crippen molar-refractivity contribution in [1.82, 2.24) is 24.8 Å². The number of rotatable bonds is 7. The molecular formula is C17H17N5O2. The average Bonchev–Trinajstić information content (AvgIpc) is 3.13. The molecule has 122 valence electrons. The molecule has 1 aromatic carbocycles. The first-order chi connectivity index (χ1) is 11.8. The highest BCUT2D eigenvalue weighted by Gasteiger charge is 2.07. The summed E-state index contributed by atoms with van der Waals surface area (Å²) >= 11 is 0. The predicted octanol–water partition coefficient (Wildman–Crippen LogP) is 2.29. The van der Waals surface area contributed by atoms with Crippen molar-refractivity contribution in [3.05, 3.63) is 67.0 Å². The summed E-state index contributed by atoms with van der Waals surface area (Å²) in [6.45, 7) is 1.40. The van der Waals surface area contributed by atoms with Crippen LogP contribution in [0.3, 0.4) is 0 Å². The summed E-state index contributed by atoms with van der Waals surface area (Å²) in [4.78, 5) is 24.2. The first-order valence-corrected chi connectivity index (χ1v) is 7.60. The molecule has 7 nitrogen and oxygen atoms in total. The fourth-order valence-corrected chi connectivity index (χ4v) is 2.13. The standard InChI is InChI=1S/C17H17N5O2/c23-16(19-8-3-10-22-11-9-18-13-22)14-4-1-5-15(12-14)24-17-20-6-2-7-21-17/h1-2,4-7,9,11-13H,3,8,10H2,(H,19,23). The Morgan fingerprint density at radius 1 is 1.17 bits per heavy atom. The van der Waals surface area contributed by atoms with E-state index < -0.39 is 0 Å². The lowest BCUT2D eigenvalue weighted by Gasteiger charge is -2.08. The molecule has 0 unspecified atom stereocenters. The number of ether oxygens (including phenoxy) is 1. The Bertz CT molecular complexity index is 775. The van der Waals surface area contributed by atoms with Gasteiger partial charge in [0, 0.05) is 43.4 Å². The van der Waals surface area contributed by atoms with Crippen molar-refractivity contribution in [2.75, 3.05) is 6.54 Å². The largest absolute Gasteiger partial charge is 0.424 e. The van der Waals surface area contributed by atoms with Crippen molar-refractivity contribution in [3.63, 3.8) is 0 Å². The average molecular weight is 323 g/mol. The van der Waals surface area contributed by atoms with Gasteiger partial charge in [-0.15, -0.1) is 0 Å². The van der Waals surface area contributed by atoms with Crippen molar-refractivity contribution < 1.29 is 9.53 Å². The van der Waals surface area contributed by atoms with Gasteiger partial charge in [0.2, 0.25) is 0 Å². The van der Waals surface area contributed by atoms with Crippen LogP contribution in [-0.4, -0.2) is 32.0 Å². The predicted molar refractivity (Wildman–Crippen MR) is 87.7 cm³/mol. The Morgan fingerprint density at radius 2 is 2.04 bits per heavy atom. The number of hydrogen-bond donors (Lipinski definition) is 1. The molecule has 3 rings (SSSR count). The number of nitrogens with zero attached hydrogens (tertiary/aromatic N) is 4. The molecule has 0 radical (unpaired) electrons. The normalized spacial score (nSPS) is 10.3. The van der Waals surface area contributed by atoms with Gasteiger partial charge in [-0.3, -0.25) is 4.79 Å². The molecule has 0 aliphatic rings. The maximum absolute atomic E-state index is 12.2. The summed E-state index contributed by atoms with van der Waals surface area (Å²) in [6.07, 6.45) is 9.41. The van der Waals surface area contributed by atoms with Gasteiger partial charge in [-0.25, -0.2) is 15.0 Å². The Hall–Kier alpha value is -3.22. The van der Waals surface area contributed by atoms with Crippen molar-refractivity contribution in [3.8, 4) is 11.8 Å². The van der Waals surface area contributed by atoms with Gasteiger partial charge < -0.3 is 14.6 Å². The van der Waals surface area contributed by atoms with Gasteiger partial charge in [0.1, 0.15) is 5.75 Å². The number of imidazole rings is 1. The third-order valence-corrected chi connectivity index (χ3v) is 3.29. The lowest BCUT2D eigenvalue weighted by molar-refractivity contribution is 0.0952. The van der Waals surface area contributed by atoms with Gasteiger partial charge in [0.15, 0.2) is 0 Å². The van der Waals surface area contributed by atoms with Crippen molar-refractivity contribution in [2.45, 2.75) is 13.0 Å². The van der Waals surface area contributed by atoms with Gasteiger partial charge in [0.05, 0.1) is 6.33 Å². The van der Waals surface area contributed by atoms with E-state index in [1.165, 1.54) is 0 Å². The van der Waals surface area contributed by atoms with Crippen molar-refractivity contribution in [1.29, 1.82) is 0 Å².